The summed E-state index contributed by atoms with van der Waals surface area (Å²) in [5.74, 6) is 0. The summed E-state index contributed by atoms with van der Waals surface area (Å²) in [5, 5.41) is 32.6. The minimum atomic E-state index is -0.259. The van der Waals surface area contributed by atoms with Gasteiger partial charge in [-0.05, 0) is 24.3 Å². The van der Waals surface area contributed by atoms with Crippen LogP contribution in [0.5, 0.6) is 0 Å². The third-order valence-electron chi connectivity index (χ3n) is 3.43. The van der Waals surface area contributed by atoms with Crippen LogP contribution in [0.3, 0.4) is 0 Å². The van der Waals surface area contributed by atoms with Crippen molar-refractivity contribution in [1.82, 2.24) is 9.97 Å². The molecule has 0 fully saturated rings. The zero-order chi connectivity index (χ0) is 18.4. The van der Waals surface area contributed by atoms with Gasteiger partial charge in [-0.2, -0.15) is 15.8 Å². The highest BCUT2D eigenvalue weighted by molar-refractivity contribution is 7.13. The van der Waals surface area contributed by atoms with E-state index in [9.17, 15) is 0 Å². The number of benzene rings is 1. The van der Waals surface area contributed by atoms with Gasteiger partial charge in [-0.25, -0.2) is 4.98 Å². The minimum absolute atomic E-state index is 0.0820. The number of anilines is 1. The van der Waals surface area contributed by atoms with Gasteiger partial charge >= 0.3 is 0 Å². The number of rotatable bonds is 4. The Kier molecular flexibility index (Phi) is 5.00. The molecule has 0 atom stereocenters. The van der Waals surface area contributed by atoms with Crippen LogP contribution in [-0.2, 0) is 0 Å². The Labute approximate surface area is 153 Å². The van der Waals surface area contributed by atoms with Crippen molar-refractivity contribution in [3.63, 3.8) is 0 Å². The molecule has 0 aliphatic rings. The van der Waals surface area contributed by atoms with Gasteiger partial charge in [-0.15, -0.1) is 11.3 Å². The molecule has 0 unspecified atom stereocenters. The van der Waals surface area contributed by atoms with E-state index in [1.807, 2.05) is 41.8 Å². The van der Waals surface area contributed by atoms with Crippen LogP contribution >= 0.6 is 11.3 Å². The van der Waals surface area contributed by atoms with Gasteiger partial charge < -0.3 is 5.32 Å². The fourth-order valence-electron chi connectivity index (χ4n) is 2.21. The first-order valence-electron chi connectivity index (χ1n) is 7.43. The summed E-state index contributed by atoms with van der Waals surface area (Å²) in [6, 6.07) is 16.3. The van der Waals surface area contributed by atoms with Crippen LogP contribution in [0.2, 0.25) is 0 Å². The van der Waals surface area contributed by atoms with Crippen LogP contribution < -0.4 is 5.32 Å². The molecule has 26 heavy (non-hydrogen) atoms. The fourth-order valence-corrected chi connectivity index (χ4v) is 3.03. The third-order valence-corrected chi connectivity index (χ3v) is 4.32. The molecule has 0 saturated carbocycles. The number of nitrogens with zero attached hydrogens (tertiary/aromatic N) is 5. The first-order chi connectivity index (χ1) is 12.7. The van der Waals surface area contributed by atoms with Crippen molar-refractivity contribution in [3.05, 3.63) is 65.4 Å². The summed E-state index contributed by atoms with van der Waals surface area (Å²) in [6.07, 6.45) is 3.47. The molecular weight excluding hydrogens is 344 g/mol. The molecule has 6 nitrogen and oxygen atoms in total. The Morgan fingerprint density at radius 3 is 2.50 bits per heavy atom. The van der Waals surface area contributed by atoms with Crippen molar-refractivity contribution >= 4 is 17.0 Å². The number of allylic oxidation sites excluding steroid dienone is 2. The molecule has 1 N–H and O–H groups in total. The maximum Gasteiger partial charge on any atom is 0.163 e. The van der Waals surface area contributed by atoms with E-state index in [0.29, 0.717) is 5.69 Å². The van der Waals surface area contributed by atoms with E-state index >= 15 is 0 Å². The van der Waals surface area contributed by atoms with E-state index in [1.165, 1.54) is 11.3 Å². The number of nitrogens with one attached hydrogen (secondary N) is 1. The molecule has 3 aromatic rings. The van der Waals surface area contributed by atoms with E-state index in [-0.39, 0.29) is 11.3 Å². The predicted molar refractivity (Wildman–Crippen MR) is 98.3 cm³/mol. The van der Waals surface area contributed by atoms with Gasteiger partial charge in [0, 0.05) is 34.6 Å². The van der Waals surface area contributed by atoms with E-state index < -0.39 is 0 Å². The highest BCUT2D eigenvalue weighted by Crippen LogP contribution is 2.29. The normalized spacial score (nSPS) is 9.42. The second kappa shape index (κ2) is 7.72. The van der Waals surface area contributed by atoms with Gasteiger partial charge in [-0.1, -0.05) is 12.1 Å². The molecule has 0 bridgehead atoms. The number of thiazole rings is 1. The van der Waals surface area contributed by atoms with Gasteiger partial charge in [0.05, 0.1) is 5.69 Å². The Hall–Kier alpha value is -3.99. The lowest BCUT2D eigenvalue weighted by Gasteiger charge is -2.06. The molecule has 0 amide bonds. The summed E-state index contributed by atoms with van der Waals surface area (Å²) in [7, 11) is 0. The minimum Gasteiger partial charge on any atom is -0.345 e. The van der Waals surface area contributed by atoms with Crippen LogP contribution in [0.4, 0.5) is 5.69 Å². The number of pyridine rings is 1. The molecule has 7 heteroatoms. The molecule has 0 aliphatic carbocycles. The van der Waals surface area contributed by atoms with Crippen LogP contribution in [0.1, 0.15) is 0 Å². The lowest BCUT2D eigenvalue weighted by molar-refractivity contribution is 1.31. The van der Waals surface area contributed by atoms with Crippen LogP contribution in [0.15, 0.2) is 65.4 Å². The lowest BCUT2D eigenvalue weighted by atomic mass is 10.1. The summed E-state index contributed by atoms with van der Waals surface area (Å²) >= 11 is 1.51. The molecule has 0 radical (unpaired) electrons. The first-order valence-corrected chi connectivity index (χ1v) is 8.31. The van der Waals surface area contributed by atoms with Crippen molar-refractivity contribution < 1.29 is 0 Å². The summed E-state index contributed by atoms with van der Waals surface area (Å²) < 4.78 is 0. The zero-order valence-corrected chi connectivity index (χ0v) is 14.2. The van der Waals surface area contributed by atoms with Gasteiger partial charge in [-0.3, -0.25) is 4.98 Å². The Morgan fingerprint density at radius 1 is 1.00 bits per heavy atom. The van der Waals surface area contributed by atoms with Gasteiger partial charge in [0.25, 0.3) is 0 Å². The van der Waals surface area contributed by atoms with E-state index in [1.54, 1.807) is 30.6 Å². The second-order valence-electron chi connectivity index (χ2n) is 5.07. The largest absolute Gasteiger partial charge is 0.345 e. The van der Waals surface area contributed by atoms with Crippen LogP contribution in [0, 0.1) is 34.0 Å². The topological polar surface area (TPSA) is 109 Å². The second-order valence-corrected chi connectivity index (χ2v) is 5.93. The SMILES string of the molecule is N#CC(C#N)=C(C#N)Nc1cccc(-c2csc(-c3cccnc3)n2)c1. The highest BCUT2D eigenvalue weighted by Gasteiger charge is 2.09. The van der Waals surface area contributed by atoms with Crippen molar-refractivity contribution in [2.45, 2.75) is 0 Å². The molecule has 122 valence electrons. The van der Waals surface area contributed by atoms with Crippen molar-refractivity contribution in [2.75, 3.05) is 5.32 Å². The highest BCUT2D eigenvalue weighted by atomic mass is 32.1. The van der Waals surface area contributed by atoms with Gasteiger partial charge in [0.1, 0.15) is 28.9 Å². The molecule has 3 rings (SSSR count). The Morgan fingerprint density at radius 2 is 1.81 bits per heavy atom. The Balaban J connectivity index is 1.91. The molecule has 0 saturated heterocycles. The van der Waals surface area contributed by atoms with Crippen molar-refractivity contribution in [1.29, 1.82) is 15.8 Å². The van der Waals surface area contributed by atoms with Crippen LogP contribution in [-0.4, -0.2) is 9.97 Å². The van der Waals surface area contributed by atoms with E-state index in [0.717, 1.165) is 21.8 Å². The first kappa shape index (κ1) is 16.9. The van der Waals surface area contributed by atoms with Gasteiger partial charge in [0.15, 0.2) is 5.57 Å². The molecular formula is C19H10N6S. The quantitative estimate of drug-likeness (QED) is 0.706. The summed E-state index contributed by atoms with van der Waals surface area (Å²) in [4.78, 5) is 8.73. The average molecular weight is 354 g/mol. The number of aromatic nitrogens is 2. The van der Waals surface area contributed by atoms with Crippen molar-refractivity contribution in [3.8, 4) is 40.0 Å². The molecule has 1 aromatic carbocycles. The smallest absolute Gasteiger partial charge is 0.163 e. The predicted octanol–water partition coefficient (Wildman–Crippen LogP) is 4.11. The lowest BCUT2D eigenvalue weighted by Crippen LogP contribution is -2.00. The maximum atomic E-state index is 9.15. The van der Waals surface area contributed by atoms with E-state index in [2.05, 4.69) is 15.3 Å². The Bertz CT molecular complexity index is 1080. The zero-order valence-electron chi connectivity index (χ0n) is 13.3. The number of nitriles is 3. The molecule has 2 aromatic heterocycles. The molecule has 0 aliphatic heterocycles. The maximum absolute atomic E-state index is 9.15. The summed E-state index contributed by atoms with van der Waals surface area (Å²) in [6.45, 7) is 0. The number of hydrogen-bond acceptors (Lipinski definition) is 7. The van der Waals surface area contributed by atoms with Crippen molar-refractivity contribution in [2.24, 2.45) is 0 Å². The van der Waals surface area contributed by atoms with E-state index in [4.69, 9.17) is 15.8 Å². The van der Waals surface area contributed by atoms with Crippen LogP contribution in [0.25, 0.3) is 21.8 Å². The number of hydrogen-bond donors (Lipinski definition) is 1. The monoisotopic (exact) mass is 354 g/mol. The fraction of sp³-hybridized carbons (Fsp3) is 0. The third kappa shape index (κ3) is 3.57. The molecule has 2 heterocycles. The summed E-state index contributed by atoms with van der Waals surface area (Å²) in [5.41, 5.74) is 2.85. The average Bonchev–Trinajstić information content (AvgIpc) is 3.19. The van der Waals surface area contributed by atoms with Gasteiger partial charge in [0.2, 0.25) is 0 Å². The standard InChI is InChI=1S/C19H10N6S/c20-8-15(9-21)17(10-22)24-16-5-1-3-13(7-16)18-12-26-19(25-18)14-4-2-6-23-11-14/h1-7,11-12,24H. The molecule has 0 spiro atoms.